The number of esters is 1. The van der Waals surface area contributed by atoms with E-state index < -0.39 is 17.8 Å². The molecule has 0 aromatic rings. The van der Waals surface area contributed by atoms with Gasteiger partial charge in [-0.1, -0.05) is 44.8 Å². The molecule has 0 bridgehead atoms. The smallest absolute Gasteiger partial charge is 0.309 e. The second-order valence-electron chi connectivity index (χ2n) is 6.82. The van der Waals surface area contributed by atoms with Crippen molar-refractivity contribution >= 4 is 11.9 Å². The van der Waals surface area contributed by atoms with Crippen LogP contribution in [-0.4, -0.2) is 23.7 Å². The first kappa shape index (κ1) is 20.7. The maximum atomic E-state index is 12.1. The molecule has 1 fully saturated rings. The maximum Gasteiger partial charge on any atom is 0.309 e. The van der Waals surface area contributed by atoms with Gasteiger partial charge < -0.3 is 9.84 Å². The van der Waals surface area contributed by atoms with Gasteiger partial charge in [0.05, 0.1) is 18.4 Å². The van der Waals surface area contributed by atoms with Crippen LogP contribution >= 0.6 is 0 Å². The summed E-state index contributed by atoms with van der Waals surface area (Å²) in [4.78, 5) is 23.3. The molecule has 4 nitrogen and oxygen atoms in total. The van der Waals surface area contributed by atoms with E-state index in [4.69, 9.17) is 4.74 Å². The summed E-state index contributed by atoms with van der Waals surface area (Å²) in [5, 5.41) is 9.20. The lowest BCUT2D eigenvalue weighted by molar-refractivity contribution is -0.159. The second kappa shape index (κ2) is 13.0. The molecule has 0 radical (unpaired) electrons. The number of allylic oxidation sites excluding steroid dienone is 2. The molecular weight excluding hydrogens is 304 g/mol. The normalized spacial score (nSPS) is 21.0. The SMILES string of the molecule is CCCCC/C=C/CCCCCOC(=O)C1CCCCC1C(=O)O. The van der Waals surface area contributed by atoms with Crippen molar-refractivity contribution in [1.29, 1.82) is 0 Å². The highest BCUT2D eigenvalue weighted by molar-refractivity contribution is 5.81. The Balaban J connectivity index is 2.06. The number of unbranched alkanes of at least 4 members (excludes halogenated alkanes) is 6. The molecule has 0 amide bonds. The molecule has 24 heavy (non-hydrogen) atoms. The predicted molar refractivity (Wildman–Crippen MR) is 95.8 cm³/mol. The molecule has 1 N–H and O–H groups in total. The molecule has 2 unspecified atom stereocenters. The van der Waals surface area contributed by atoms with Crippen LogP contribution in [0.1, 0.15) is 84.0 Å². The summed E-state index contributed by atoms with van der Waals surface area (Å²) < 4.78 is 5.31. The Morgan fingerprint density at radius 1 is 0.958 bits per heavy atom. The van der Waals surface area contributed by atoms with E-state index in [2.05, 4.69) is 19.1 Å². The van der Waals surface area contributed by atoms with Crippen molar-refractivity contribution in [2.75, 3.05) is 6.61 Å². The molecule has 4 heteroatoms. The fourth-order valence-electron chi connectivity index (χ4n) is 3.28. The summed E-state index contributed by atoms with van der Waals surface area (Å²) in [6.07, 6.45) is 16.7. The van der Waals surface area contributed by atoms with Gasteiger partial charge in [-0.25, -0.2) is 0 Å². The quantitative estimate of drug-likeness (QED) is 0.305. The van der Waals surface area contributed by atoms with Crippen LogP contribution < -0.4 is 0 Å². The van der Waals surface area contributed by atoms with E-state index in [1.165, 1.54) is 25.7 Å². The van der Waals surface area contributed by atoms with E-state index in [1.807, 2.05) is 0 Å². The number of hydrogen-bond acceptors (Lipinski definition) is 3. The number of carbonyl (C=O) groups is 2. The summed E-state index contributed by atoms with van der Waals surface area (Å²) in [5.74, 6) is -2.16. The highest BCUT2D eigenvalue weighted by atomic mass is 16.5. The Bertz CT molecular complexity index is 389. The fraction of sp³-hybridized carbons (Fsp3) is 0.800. The highest BCUT2D eigenvalue weighted by Gasteiger charge is 2.36. The van der Waals surface area contributed by atoms with Gasteiger partial charge in [0.25, 0.3) is 0 Å². The Morgan fingerprint density at radius 2 is 1.58 bits per heavy atom. The first-order valence-electron chi connectivity index (χ1n) is 9.71. The van der Waals surface area contributed by atoms with Crippen LogP contribution in [0.4, 0.5) is 0 Å². The lowest BCUT2D eigenvalue weighted by Crippen LogP contribution is -2.33. The minimum atomic E-state index is -0.859. The largest absolute Gasteiger partial charge is 0.481 e. The zero-order chi connectivity index (χ0) is 17.6. The van der Waals surface area contributed by atoms with Gasteiger partial charge in [-0.2, -0.15) is 0 Å². The van der Waals surface area contributed by atoms with Gasteiger partial charge in [0.15, 0.2) is 0 Å². The Morgan fingerprint density at radius 3 is 2.21 bits per heavy atom. The number of carboxylic acid groups (broad SMARTS) is 1. The van der Waals surface area contributed by atoms with Gasteiger partial charge in [0, 0.05) is 0 Å². The minimum absolute atomic E-state index is 0.307. The van der Waals surface area contributed by atoms with Gasteiger partial charge in [-0.15, -0.1) is 0 Å². The number of ether oxygens (including phenoxy) is 1. The van der Waals surface area contributed by atoms with Crippen LogP contribution in [0.25, 0.3) is 0 Å². The van der Waals surface area contributed by atoms with E-state index in [0.717, 1.165) is 38.5 Å². The molecule has 0 aromatic carbocycles. The van der Waals surface area contributed by atoms with Crippen LogP contribution in [0.3, 0.4) is 0 Å². The molecular formula is C20H34O4. The summed E-state index contributed by atoms with van der Waals surface area (Å²) >= 11 is 0. The highest BCUT2D eigenvalue weighted by Crippen LogP contribution is 2.31. The monoisotopic (exact) mass is 338 g/mol. The fourth-order valence-corrected chi connectivity index (χ4v) is 3.28. The number of aliphatic carboxylic acids is 1. The van der Waals surface area contributed by atoms with Crippen molar-refractivity contribution in [3.63, 3.8) is 0 Å². The molecule has 138 valence electrons. The van der Waals surface area contributed by atoms with Crippen molar-refractivity contribution in [3.05, 3.63) is 12.2 Å². The number of rotatable bonds is 12. The molecule has 0 saturated heterocycles. The lowest BCUT2D eigenvalue weighted by atomic mass is 9.79. The third kappa shape index (κ3) is 8.51. The van der Waals surface area contributed by atoms with Gasteiger partial charge >= 0.3 is 11.9 Å². The molecule has 0 heterocycles. The van der Waals surface area contributed by atoms with Gasteiger partial charge in [0.2, 0.25) is 0 Å². The summed E-state index contributed by atoms with van der Waals surface area (Å²) in [7, 11) is 0. The number of carbonyl (C=O) groups excluding carboxylic acids is 1. The summed E-state index contributed by atoms with van der Waals surface area (Å²) in [5.41, 5.74) is 0. The maximum absolute atomic E-state index is 12.1. The average molecular weight is 338 g/mol. The summed E-state index contributed by atoms with van der Waals surface area (Å²) in [6.45, 7) is 2.63. The van der Waals surface area contributed by atoms with Crippen molar-refractivity contribution < 1.29 is 19.4 Å². The molecule has 2 atom stereocenters. The third-order valence-corrected chi connectivity index (χ3v) is 4.79. The van der Waals surface area contributed by atoms with Crippen LogP contribution in [0.2, 0.25) is 0 Å². The zero-order valence-electron chi connectivity index (χ0n) is 15.2. The Labute approximate surface area is 146 Å². The van der Waals surface area contributed by atoms with E-state index in [0.29, 0.717) is 19.4 Å². The molecule has 1 aliphatic rings. The molecule has 1 aliphatic carbocycles. The summed E-state index contributed by atoms with van der Waals surface area (Å²) in [6, 6.07) is 0. The van der Waals surface area contributed by atoms with Crippen molar-refractivity contribution in [1.82, 2.24) is 0 Å². The number of carboxylic acids is 1. The molecule has 0 aromatic heterocycles. The molecule has 1 saturated carbocycles. The zero-order valence-corrected chi connectivity index (χ0v) is 15.2. The van der Waals surface area contributed by atoms with Crippen molar-refractivity contribution in [3.8, 4) is 0 Å². The molecule has 0 spiro atoms. The average Bonchev–Trinajstić information content (AvgIpc) is 2.59. The van der Waals surface area contributed by atoms with Crippen LogP contribution in [0, 0.1) is 11.8 Å². The minimum Gasteiger partial charge on any atom is -0.481 e. The lowest BCUT2D eigenvalue weighted by Gasteiger charge is -2.26. The Kier molecular flexibility index (Phi) is 11.2. The third-order valence-electron chi connectivity index (χ3n) is 4.79. The van der Waals surface area contributed by atoms with E-state index in [1.54, 1.807) is 0 Å². The molecule has 1 rings (SSSR count). The van der Waals surface area contributed by atoms with Crippen LogP contribution in [0.15, 0.2) is 12.2 Å². The van der Waals surface area contributed by atoms with E-state index in [-0.39, 0.29) is 5.97 Å². The Hall–Kier alpha value is -1.32. The molecule has 0 aliphatic heterocycles. The van der Waals surface area contributed by atoms with Crippen molar-refractivity contribution in [2.24, 2.45) is 11.8 Å². The van der Waals surface area contributed by atoms with Crippen molar-refractivity contribution in [2.45, 2.75) is 84.0 Å². The van der Waals surface area contributed by atoms with Gasteiger partial charge in [0.1, 0.15) is 0 Å². The first-order valence-corrected chi connectivity index (χ1v) is 9.71. The van der Waals surface area contributed by atoms with Crippen LogP contribution in [0.5, 0.6) is 0 Å². The van der Waals surface area contributed by atoms with Crippen LogP contribution in [-0.2, 0) is 14.3 Å². The van der Waals surface area contributed by atoms with E-state index >= 15 is 0 Å². The van der Waals surface area contributed by atoms with E-state index in [9.17, 15) is 14.7 Å². The van der Waals surface area contributed by atoms with Gasteiger partial charge in [-0.3, -0.25) is 9.59 Å². The predicted octanol–water partition coefficient (Wildman–Crippen LogP) is 5.12. The second-order valence-corrected chi connectivity index (χ2v) is 6.82. The standard InChI is InChI=1S/C20H34O4/c1-2-3-4-5-6-7-8-9-10-13-16-24-20(23)18-15-12-11-14-17(18)19(21)22/h6-7,17-18H,2-5,8-16H2,1H3,(H,21,22)/b7-6+. The van der Waals surface area contributed by atoms with Gasteiger partial charge in [-0.05, 0) is 51.4 Å². The topological polar surface area (TPSA) is 63.6 Å². The first-order chi connectivity index (χ1) is 11.7. The number of hydrogen-bond donors (Lipinski definition) is 1.